The van der Waals surface area contributed by atoms with Crippen LogP contribution in [0.15, 0.2) is 6.20 Å². The predicted molar refractivity (Wildman–Crippen MR) is 78.7 cm³/mol. The zero-order valence-electron chi connectivity index (χ0n) is 12.7. The highest BCUT2D eigenvalue weighted by atomic mass is 16.3. The smallest absolute Gasteiger partial charge is 0.224 e. The van der Waals surface area contributed by atoms with Crippen molar-refractivity contribution >= 4 is 5.91 Å². The van der Waals surface area contributed by atoms with Gasteiger partial charge in [-0.25, -0.2) is 0 Å². The lowest BCUT2D eigenvalue weighted by atomic mass is 9.75. The largest absolute Gasteiger partial charge is 0.390 e. The minimum atomic E-state index is -0.0690. The minimum absolute atomic E-state index is 0.0690. The van der Waals surface area contributed by atoms with Gasteiger partial charge in [0.05, 0.1) is 25.3 Å². The first-order valence-electron chi connectivity index (χ1n) is 8.27. The third-order valence-corrected chi connectivity index (χ3v) is 5.28. The fourth-order valence-electron chi connectivity index (χ4n) is 3.88. The number of hydrogen-bond donors (Lipinski definition) is 2. The van der Waals surface area contributed by atoms with E-state index >= 15 is 0 Å². The Morgan fingerprint density at radius 1 is 1.41 bits per heavy atom. The number of nitrogens with one attached hydrogen (secondary N) is 1. The van der Waals surface area contributed by atoms with E-state index in [1.807, 2.05) is 4.68 Å². The van der Waals surface area contributed by atoms with Crippen LogP contribution in [0.25, 0.3) is 0 Å². The van der Waals surface area contributed by atoms with E-state index in [1.165, 1.54) is 0 Å². The van der Waals surface area contributed by atoms with Gasteiger partial charge in [-0.1, -0.05) is 5.21 Å². The van der Waals surface area contributed by atoms with Crippen LogP contribution in [-0.2, 0) is 17.9 Å². The molecule has 4 atom stereocenters. The molecule has 3 saturated heterocycles. The number of aliphatic hydroxyl groups excluding tert-OH is 1. The number of hydrogen-bond acceptors (Lipinski definition) is 5. The van der Waals surface area contributed by atoms with Gasteiger partial charge in [0.2, 0.25) is 5.91 Å². The van der Waals surface area contributed by atoms with Gasteiger partial charge in [-0.3, -0.25) is 14.4 Å². The third kappa shape index (κ3) is 2.75. The Morgan fingerprint density at radius 3 is 2.91 bits per heavy atom. The zero-order chi connectivity index (χ0) is 15.1. The molecule has 4 aliphatic rings. The Bertz CT molecular complexity index is 556. The van der Waals surface area contributed by atoms with Crippen molar-refractivity contribution in [3.8, 4) is 0 Å². The van der Waals surface area contributed by atoms with Crippen molar-refractivity contribution in [1.82, 2.24) is 25.2 Å². The summed E-state index contributed by atoms with van der Waals surface area (Å²) in [4.78, 5) is 14.8. The van der Waals surface area contributed by atoms with Crippen molar-refractivity contribution in [1.29, 1.82) is 0 Å². The van der Waals surface area contributed by atoms with Gasteiger partial charge in [0.15, 0.2) is 0 Å². The van der Waals surface area contributed by atoms with Crippen LogP contribution in [0.2, 0.25) is 0 Å². The number of amides is 1. The van der Waals surface area contributed by atoms with Gasteiger partial charge in [0, 0.05) is 18.6 Å². The van der Waals surface area contributed by atoms with Crippen molar-refractivity contribution < 1.29 is 9.90 Å². The summed E-state index contributed by atoms with van der Waals surface area (Å²) in [5.74, 6) is 0.919. The minimum Gasteiger partial charge on any atom is -0.390 e. The molecule has 22 heavy (non-hydrogen) atoms. The molecule has 1 amide bonds. The maximum absolute atomic E-state index is 12.4. The highest BCUT2D eigenvalue weighted by Crippen LogP contribution is 2.37. The monoisotopic (exact) mass is 305 g/mol. The molecule has 5 rings (SSSR count). The van der Waals surface area contributed by atoms with Gasteiger partial charge in [0.1, 0.15) is 5.69 Å². The number of rotatable bonds is 5. The Labute approximate surface area is 129 Å². The number of nitrogens with zero attached hydrogens (tertiary/aromatic N) is 4. The highest BCUT2D eigenvalue weighted by Gasteiger charge is 2.44. The van der Waals surface area contributed by atoms with Gasteiger partial charge in [-0.05, 0) is 38.1 Å². The molecule has 0 radical (unpaired) electrons. The molecule has 120 valence electrons. The summed E-state index contributed by atoms with van der Waals surface area (Å²) in [6.07, 6.45) is 6.28. The van der Waals surface area contributed by atoms with Gasteiger partial charge < -0.3 is 10.4 Å². The molecule has 1 saturated carbocycles. The van der Waals surface area contributed by atoms with E-state index in [9.17, 15) is 4.79 Å². The third-order valence-electron chi connectivity index (χ3n) is 5.28. The second-order valence-electron chi connectivity index (χ2n) is 6.91. The number of piperidine rings is 3. The van der Waals surface area contributed by atoms with Gasteiger partial charge in [-0.2, -0.15) is 0 Å². The Kier molecular flexibility index (Phi) is 3.62. The standard InChI is InChI=1S/C15H23N5O2/c21-9-12-6-20(18-17-12)7-13-5-10-3-4-19(13)8-14(10)15(22)16-11-1-2-11/h6,10-11,13-14,21H,1-5,7-9H2,(H,16,22)/t10?,13-,14+/m1/s1. The lowest BCUT2D eigenvalue weighted by molar-refractivity contribution is -0.133. The molecule has 4 heterocycles. The zero-order valence-corrected chi connectivity index (χ0v) is 12.7. The Hall–Kier alpha value is -1.47. The van der Waals surface area contributed by atoms with E-state index in [4.69, 9.17) is 5.11 Å². The Balaban J connectivity index is 1.38. The first-order valence-corrected chi connectivity index (χ1v) is 8.27. The summed E-state index contributed by atoms with van der Waals surface area (Å²) >= 11 is 0. The summed E-state index contributed by atoms with van der Waals surface area (Å²) in [5, 5.41) is 20.2. The lowest BCUT2D eigenvalue weighted by Crippen LogP contribution is -2.58. The molecule has 7 nitrogen and oxygen atoms in total. The molecule has 7 heteroatoms. The van der Waals surface area contributed by atoms with Crippen molar-refractivity contribution in [2.24, 2.45) is 11.8 Å². The Morgan fingerprint density at radius 2 is 2.27 bits per heavy atom. The van der Waals surface area contributed by atoms with E-state index < -0.39 is 0 Å². The van der Waals surface area contributed by atoms with Crippen molar-refractivity contribution in [3.63, 3.8) is 0 Å². The molecule has 1 aliphatic carbocycles. The maximum atomic E-state index is 12.4. The van der Waals surface area contributed by atoms with Crippen LogP contribution < -0.4 is 5.32 Å². The molecule has 3 aliphatic heterocycles. The molecule has 2 bridgehead atoms. The fraction of sp³-hybridized carbons (Fsp3) is 0.800. The molecule has 2 N–H and O–H groups in total. The number of fused-ring (bicyclic) bond motifs is 3. The van der Waals surface area contributed by atoms with E-state index in [0.717, 1.165) is 45.3 Å². The first-order chi connectivity index (χ1) is 10.7. The molecular weight excluding hydrogens is 282 g/mol. The summed E-state index contributed by atoms with van der Waals surface area (Å²) in [7, 11) is 0. The van der Waals surface area contributed by atoms with Gasteiger partial charge in [0.25, 0.3) is 0 Å². The van der Waals surface area contributed by atoms with Crippen LogP contribution in [-0.4, -0.2) is 56.1 Å². The SMILES string of the molecule is O=C(NC1CC1)[C@H]1CN2CCC1C[C@@H]2Cn1cc(CO)nn1. The van der Waals surface area contributed by atoms with E-state index in [0.29, 0.717) is 23.7 Å². The van der Waals surface area contributed by atoms with E-state index in [2.05, 4.69) is 20.5 Å². The van der Waals surface area contributed by atoms with Crippen LogP contribution >= 0.6 is 0 Å². The summed E-state index contributed by atoms with van der Waals surface area (Å²) < 4.78 is 1.82. The number of carbonyl (C=O) groups excluding carboxylic acids is 1. The molecule has 0 aromatic carbocycles. The van der Waals surface area contributed by atoms with Crippen LogP contribution in [0, 0.1) is 11.8 Å². The number of carbonyl (C=O) groups is 1. The topological polar surface area (TPSA) is 83.3 Å². The molecule has 1 aromatic heterocycles. The summed E-state index contributed by atoms with van der Waals surface area (Å²) in [6.45, 7) is 2.67. The number of aromatic nitrogens is 3. The average molecular weight is 305 g/mol. The highest BCUT2D eigenvalue weighted by molar-refractivity contribution is 5.80. The molecule has 1 aromatic rings. The van der Waals surface area contributed by atoms with Crippen LogP contribution in [0.4, 0.5) is 0 Å². The van der Waals surface area contributed by atoms with Gasteiger partial charge in [-0.15, -0.1) is 5.10 Å². The molecule has 2 unspecified atom stereocenters. The second-order valence-corrected chi connectivity index (χ2v) is 6.91. The van der Waals surface area contributed by atoms with Crippen LogP contribution in [0.3, 0.4) is 0 Å². The van der Waals surface area contributed by atoms with Crippen LogP contribution in [0.1, 0.15) is 31.4 Å². The average Bonchev–Trinajstić information content (AvgIpc) is 3.24. The second kappa shape index (κ2) is 5.62. The maximum Gasteiger partial charge on any atom is 0.224 e. The molecule has 0 spiro atoms. The number of aliphatic hydroxyl groups is 1. The fourth-order valence-corrected chi connectivity index (χ4v) is 3.88. The summed E-state index contributed by atoms with van der Waals surface area (Å²) in [6, 6.07) is 0.878. The predicted octanol–water partition coefficient (Wildman–Crippen LogP) is -0.241. The summed E-state index contributed by atoms with van der Waals surface area (Å²) in [5.41, 5.74) is 0.609. The quantitative estimate of drug-likeness (QED) is 0.784. The van der Waals surface area contributed by atoms with E-state index in [1.54, 1.807) is 6.20 Å². The normalized spacial score (nSPS) is 33.9. The first kappa shape index (κ1) is 14.1. The van der Waals surface area contributed by atoms with Crippen molar-refractivity contribution in [2.45, 2.75) is 50.9 Å². The van der Waals surface area contributed by atoms with Crippen LogP contribution in [0.5, 0.6) is 0 Å². The van der Waals surface area contributed by atoms with Crippen molar-refractivity contribution in [3.05, 3.63) is 11.9 Å². The van der Waals surface area contributed by atoms with E-state index in [-0.39, 0.29) is 18.4 Å². The lowest BCUT2D eigenvalue weighted by Gasteiger charge is -2.49. The van der Waals surface area contributed by atoms with Gasteiger partial charge >= 0.3 is 0 Å². The van der Waals surface area contributed by atoms with Crippen molar-refractivity contribution in [2.75, 3.05) is 13.1 Å². The molecular formula is C15H23N5O2. The molecule has 4 fully saturated rings.